The summed E-state index contributed by atoms with van der Waals surface area (Å²) in [7, 11) is 0. The third-order valence-corrected chi connectivity index (χ3v) is 4.00. The number of carbonyl (C=O) groups is 1. The van der Waals surface area contributed by atoms with Crippen molar-refractivity contribution >= 4 is 21.8 Å². The molecule has 0 aliphatic heterocycles. The van der Waals surface area contributed by atoms with Crippen molar-refractivity contribution in [2.75, 3.05) is 5.33 Å². The summed E-state index contributed by atoms with van der Waals surface area (Å²) in [5.74, 6) is 0.413. The summed E-state index contributed by atoms with van der Waals surface area (Å²) in [5.41, 5.74) is 2.08. The quantitative estimate of drug-likeness (QED) is 0.828. The number of benzene rings is 1. The summed E-state index contributed by atoms with van der Waals surface area (Å²) in [5, 5.41) is 3.83. The fourth-order valence-corrected chi connectivity index (χ4v) is 2.67. The molecule has 0 aromatic heterocycles. The minimum Gasteiger partial charge on any atom is -0.348 e. The van der Waals surface area contributed by atoms with E-state index in [4.69, 9.17) is 0 Å². The van der Waals surface area contributed by atoms with E-state index in [1.54, 1.807) is 0 Å². The van der Waals surface area contributed by atoms with Crippen molar-refractivity contribution in [3.05, 3.63) is 35.4 Å². The van der Waals surface area contributed by atoms with Crippen LogP contribution in [-0.4, -0.2) is 17.3 Å². The smallest absolute Gasteiger partial charge is 0.251 e. The molecule has 0 spiro atoms. The van der Waals surface area contributed by atoms with Crippen LogP contribution in [0.4, 0.5) is 0 Å². The predicted octanol–water partition coefficient (Wildman–Crippen LogP) is 4.13. The molecule has 1 aromatic carbocycles. The molecule has 1 atom stereocenters. The van der Waals surface area contributed by atoms with Crippen LogP contribution in [0.15, 0.2) is 24.3 Å². The molecule has 3 heteroatoms. The molecule has 0 aliphatic rings. The Kier molecular flexibility index (Phi) is 5.60. The van der Waals surface area contributed by atoms with Crippen LogP contribution in [-0.2, 0) is 5.41 Å². The van der Waals surface area contributed by atoms with Gasteiger partial charge in [-0.15, -0.1) is 0 Å². The molecule has 0 radical (unpaired) electrons. The standard InChI is InChI=1S/C16H24BrNO/c1-11(2)14(10-17)18-15(19)12-6-8-13(9-7-12)16(3,4)5/h6-9,11,14H,10H2,1-5H3,(H,18,19). The van der Waals surface area contributed by atoms with Crippen molar-refractivity contribution < 1.29 is 4.79 Å². The minimum absolute atomic E-state index is 0.00129. The number of amides is 1. The number of rotatable bonds is 4. The molecular weight excluding hydrogens is 302 g/mol. The zero-order chi connectivity index (χ0) is 14.6. The molecule has 1 amide bonds. The highest BCUT2D eigenvalue weighted by atomic mass is 79.9. The molecule has 1 aromatic rings. The lowest BCUT2D eigenvalue weighted by Crippen LogP contribution is -2.39. The van der Waals surface area contributed by atoms with E-state index in [9.17, 15) is 4.79 Å². The van der Waals surface area contributed by atoms with Crippen molar-refractivity contribution in [3.63, 3.8) is 0 Å². The summed E-state index contributed by atoms with van der Waals surface area (Å²) >= 11 is 3.44. The zero-order valence-electron chi connectivity index (χ0n) is 12.5. The van der Waals surface area contributed by atoms with Crippen LogP contribution in [0.1, 0.15) is 50.5 Å². The number of carbonyl (C=O) groups excluding carboxylic acids is 1. The maximum absolute atomic E-state index is 12.1. The van der Waals surface area contributed by atoms with E-state index >= 15 is 0 Å². The van der Waals surface area contributed by atoms with Gasteiger partial charge in [0.15, 0.2) is 0 Å². The molecular formula is C16H24BrNO. The fourth-order valence-electron chi connectivity index (χ4n) is 1.76. The van der Waals surface area contributed by atoms with E-state index in [2.05, 4.69) is 55.9 Å². The van der Waals surface area contributed by atoms with E-state index in [1.807, 2.05) is 24.3 Å². The summed E-state index contributed by atoms with van der Waals surface area (Å²) in [6.45, 7) is 10.7. The van der Waals surface area contributed by atoms with Gasteiger partial charge in [0, 0.05) is 16.9 Å². The van der Waals surface area contributed by atoms with Crippen LogP contribution in [0.2, 0.25) is 0 Å². The number of alkyl halides is 1. The van der Waals surface area contributed by atoms with Crippen LogP contribution in [0.5, 0.6) is 0 Å². The highest BCUT2D eigenvalue weighted by Gasteiger charge is 2.17. The third kappa shape index (κ3) is 4.64. The number of hydrogen-bond acceptors (Lipinski definition) is 1. The Morgan fingerprint density at radius 2 is 1.74 bits per heavy atom. The molecule has 19 heavy (non-hydrogen) atoms. The van der Waals surface area contributed by atoms with Gasteiger partial charge in [-0.05, 0) is 29.0 Å². The van der Waals surface area contributed by atoms with E-state index in [-0.39, 0.29) is 17.4 Å². The van der Waals surface area contributed by atoms with Crippen LogP contribution < -0.4 is 5.32 Å². The lowest BCUT2D eigenvalue weighted by atomic mass is 9.86. The average molecular weight is 326 g/mol. The molecule has 0 heterocycles. The number of halogens is 1. The second-order valence-corrected chi connectivity index (χ2v) is 6.95. The Hall–Kier alpha value is -0.830. The van der Waals surface area contributed by atoms with Crippen molar-refractivity contribution in [1.82, 2.24) is 5.32 Å². The zero-order valence-corrected chi connectivity index (χ0v) is 14.0. The monoisotopic (exact) mass is 325 g/mol. The summed E-state index contributed by atoms with van der Waals surface area (Å²) in [6, 6.07) is 8.04. The number of nitrogens with one attached hydrogen (secondary N) is 1. The molecule has 0 saturated carbocycles. The molecule has 106 valence electrons. The molecule has 1 unspecified atom stereocenters. The molecule has 1 rings (SSSR count). The summed E-state index contributed by atoms with van der Waals surface area (Å²) in [4.78, 5) is 12.1. The highest BCUT2D eigenvalue weighted by Crippen LogP contribution is 2.22. The van der Waals surface area contributed by atoms with Crippen LogP contribution in [0, 0.1) is 5.92 Å². The van der Waals surface area contributed by atoms with E-state index in [0.29, 0.717) is 5.92 Å². The van der Waals surface area contributed by atoms with Gasteiger partial charge in [-0.3, -0.25) is 4.79 Å². The Morgan fingerprint density at radius 3 is 2.11 bits per heavy atom. The topological polar surface area (TPSA) is 29.1 Å². The van der Waals surface area contributed by atoms with Gasteiger partial charge in [0.05, 0.1) is 0 Å². The third-order valence-electron chi connectivity index (χ3n) is 3.30. The van der Waals surface area contributed by atoms with E-state index in [0.717, 1.165) is 10.9 Å². The fraction of sp³-hybridized carbons (Fsp3) is 0.562. The van der Waals surface area contributed by atoms with Crippen molar-refractivity contribution in [2.45, 2.75) is 46.1 Å². The van der Waals surface area contributed by atoms with Crippen molar-refractivity contribution in [1.29, 1.82) is 0 Å². The number of hydrogen-bond donors (Lipinski definition) is 1. The maximum Gasteiger partial charge on any atom is 0.251 e. The van der Waals surface area contributed by atoms with Gasteiger partial charge in [0.1, 0.15) is 0 Å². The normalized spacial score (nSPS) is 13.4. The van der Waals surface area contributed by atoms with Gasteiger partial charge >= 0.3 is 0 Å². The highest BCUT2D eigenvalue weighted by molar-refractivity contribution is 9.09. The molecule has 0 saturated heterocycles. The first-order chi connectivity index (χ1) is 8.75. The van der Waals surface area contributed by atoms with Crippen LogP contribution >= 0.6 is 15.9 Å². The molecule has 1 N–H and O–H groups in total. The van der Waals surface area contributed by atoms with Gasteiger partial charge in [0.2, 0.25) is 0 Å². The Balaban J connectivity index is 2.78. The van der Waals surface area contributed by atoms with Gasteiger partial charge < -0.3 is 5.32 Å². The lowest BCUT2D eigenvalue weighted by molar-refractivity contribution is 0.0931. The largest absolute Gasteiger partial charge is 0.348 e. The minimum atomic E-state index is -0.00129. The Labute approximate surface area is 125 Å². The SMILES string of the molecule is CC(C)C(CBr)NC(=O)c1ccc(C(C)(C)C)cc1. The van der Waals surface area contributed by atoms with Gasteiger partial charge in [-0.25, -0.2) is 0 Å². The first-order valence-corrected chi connectivity index (χ1v) is 7.85. The first kappa shape index (κ1) is 16.2. The Morgan fingerprint density at radius 1 is 1.21 bits per heavy atom. The van der Waals surface area contributed by atoms with Crippen molar-refractivity contribution in [2.24, 2.45) is 5.92 Å². The summed E-state index contributed by atoms with van der Waals surface area (Å²) in [6.07, 6.45) is 0. The first-order valence-electron chi connectivity index (χ1n) is 6.73. The van der Waals surface area contributed by atoms with Gasteiger partial charge in [-0.2, -0.15) is 0 Å². The van der Waals surface area contributed by atoms with Gasteiger partial charge in [-0.1, -0.05) is 62.7 Å². The van der Waals surface area contributed by atoms with E-state index < -0.39 is 0 Å². The molecule has 0 aliphatic carbocycles. The van der Waals surface area contributed by atoms with Crippen molar-refractivity contribution in [3.8, 4) is 0 Å². The van der Waals surface area contributed by atoms with Crippen LogP contribution in [0.3, 0.4) is 0 Å². The van der Waals surface area contributed by atoms with Crippen LogP contribution in [0.25, 0.3) is 0 Å². The predicted molar refractivity (Wildman–Crippen MR) is 85.0 cm³/mol. The lowest BCUT2D eigenvalue weighted by Gasteiger charge is -2.21. The Bertz CT molecular complexity index is 417. The van der Waals surface area contributed by atoms with E-state index in [1.165, 1.54) is 5.56 Å². The molecule has 0 fully saturated rings. The molecule has 0 bridgehead atoms. The summed E-state index contributed by atoms with van der Waals surface area (Å²) < 4.78 is 0. The van der Waals surface area contributed by atoms with Gasteiger partial charge in [0.25, 0.3) is 5.91 Å². The second kappa shape index (κ2) is 6.56. The maximum atomic E-state index is 12.1. The second-order valence-electron chi connectivity index (χ2n) is 6.31. The average Bonchev–Trinajstić information content (AvgIpc) is 2.34. The molecule has 2 nitrogen and oxygen atoms in total.